The summed E-state index contributed by atoms with van der Waals surface area (Å²) < 4.78 is 17.6. The number of nitrogens with zero attached hydrogens (tertiary/aromatic N) is 2. The van der Waals surface area contributed by atoms with Gasteiger partial charge in [0.15, 0.2) is 5.58 Å². The lowest BCUT2D eigenvalue weighted by atomic mass is 10.3. The average molecular weight is 318 g/mol. The number of nitro groups is 1. The Kier molecular flexibility index (Phi) is 4.36. The minimum Gasteiger partial charge on any atom is -0.430 e. The molecule has 1 fully saturated rings. The summed E-state index contributed by atoms with van der Waals surface area (Å²) in [5.41, 5.74) is 0.726. The van der Waals surface area contributed by atoms with Gasteiger partial charge < -0.3 is 9.73 Å². The Bertz CT molecular complexity index is 669. The van der Waals surface area contributed by atoms with Crippen molar-refractivity contribution in [3.63, 3.8) is 0 Å². The molecule has 2 atom stereocenters. The van der Waals surface area contributed by atoms with Crippen LogP contribution in [0.1, 0.15) is 6.42 Å². The molecule has 1 aliphatic rings. The zero-order valence-corrected chi connectivity index (χ0v) is 11.9. The van der Waals surface area contributed by atoms with Crippen molar-refractivity contribution in [3.05, 3.63) is 28.3 Å². The van der Waals surface area contributed by atoms with E-state index in [2.05, 4.69) is 10.3 Å². The van der Waals surface area contributed by atoms with E-state index in [4.69, 9.17) is 4.42 Å². The number of benzene rings is 1. The molecular formula is C11H12ClN3O4S. The summed E-state index contributed by atoms with van der Waals surface area (Å²) in [4.78, 5) is 14.3. The van der Waals surface area contributed by atoms with E-state index in [1.807, 2.05) is 0 Å². The van der Waals surface area contributed by atoms with Gasteiger partial charge in [-0.15, -0.1) is 12.4 Å². The molecule has 0 spiro atoms. The molecule has 1 aromatic heterocycles. The van der Waals surface area contributed by atoms with E-state index >= 15 is 0 Å². The van der Waals surface area contributed by atoms with Gasteiger partial charge >= 0.3 is 0 Å². The molecule has 2 aromatic rings. The van der Waals surface area contributed by atoms with Gasteiger partial charge in [0.1, 0.15) is 16.3 Å². The van der Waals surface area contributed by atoms with Gasteiger partial charge in [0.25, 0.3) is 10.9 Å². The van der Waals surface area contributed by atoms with E-state index in [0.29, 0.717) is 17.6 Å². The third-order valence-corrected chi connectivity index (χ3v) is 4.58. The summed E-state index contributed by atoms with van der Waals surface area (Å²) in [6, 6.07) is 4.15. The van der Waals surface area contributed by atoms with Crippen molar-refractivity contribution in [1.82, 2.24) is 10.3 Å². The SMILES string of the molecule is Cl.O=[N+]([O-])c1ccc2oc(S(=O)C3CCNC3)nc2c1. The normalized spacial score (nSPS) is 19.7. The standard InChI is InChI=1S/C11H11N3O4S.ClH/c15-14(16)7-1-2-10-9(5-7)13-11(18-10)19(17)8-3-4-12-6-8;/h1-2,5,8,12H,3-4,6H2;1H. The van der Waals surface area contributed by atoms with Crippen LogP contribution >= 0.6 is 12.4 Å². The van der Waals surface area contributed by atoms with Gasteiger partial charge in [-0.25, -0.2) is 9.19 Å². The molecule has 0 saturated carbocycles. The van der Waals surface area contributed by atoms with E-state index in [1.165, 1.54) is 18.2 Å². The molecule has 3 rings (SSSR count). The summed E-state index contributed by atoms with van der Waals surface area (Å²) in [6.45, 7) is 1.51. The Morgan fingerprint density at radius 2 is 2.30 bits per heavy atom. The second-order valence-corrected chi connectivity index (χ2v) is 5.91. The van der Waals surface area contributed by atoms with Gasteiger partial charge in [0, 0.05) is 18.7 Å². The molecule has 108 valence electrons. The quantitative estimate of drug-likeness (QED) is 0.682. The highest BCUT2D eigenvalue weighted by molar-refractivity contribution is 7.85. The maximum atomic E-state index is 12.2. The summed E-state index contributed by atoms with van der Waals surface area (Å²) in [6.07, 6.45) is 0.811. The molecule has 0 amide bonds. The van der Waals surface area contributed by atoms with E-state index in [0.717, 1.165) is 13.0 Å². The van der Waals surface area contributed by atoms with Gasteiger partial charge in [-0.3, -0.25) is 10.1 Å². The van der Waals surface area contributed by atoms with Crippen LogP contribution in [0.3, 0.4) is 0 Å². The molecule has 0 aliphatic carbocycles. The van der Waals surface area contributed by atoms with Crippen LogP contribution in [-0.2, 0) is 10.8 Å². The predicted octanol–water partition coefficient (Wildman–Crippen LogP) is 1.63. The average Bonchev–Trinajstić information content (AvgIpc) is 3.06. The van der Waals surface area contributed by atoms with Gasteiger partial charge in [0.2, 0.25) is 0 Å². The summed E-state index contributed by atoms with van der Waals surface area (Å²) in [7, 11) is -1.32. The van der Waals surface area contributed by atoms with Crippen molar-refractivity contribution in [2.24, 2.45) is 0 Å². The molecule has 0 radical (unpaired) electrons. The fourth-order valence-corrected chi connectivity index (χ4v) is 3.29. The first-order valence-corrected chi connectivity index (χ1v) is 7.03. The summed E-state index contributed by atoms with van der Waals surface area (Å²) in [5.74, 6) is 0. The fourth-order valence-electron chi connectivity index (χ4n) is 2.05. The van der Waals surface area contributed by atoms with Gasteiger partial charge in [-0.2, -0.15) is 0 Å². The molecule has 2 heterocycles. The highest BCUT2D eigenvalue weighted by atomic mass is 35.5. The van der Waals surface area contributed by atoms with Gasteiger partial charge in [-0.1, -0.05) is 0 Å². The first kappa shape index (κ1) is 14.9. The number of hydrogen-bond donors (Lipinski definition) is 1. The Labute approximate surface area is 122 Å². The van der Waals surface area contributed by atoms with E-state index in [-0.39, 0.29) is 28.6 Å². The van der Waals surface area contributed by atoms with Crippen molar-refractivity contribution >= 4 is 40.0 Å². The van der Waals surface area contributed by atoms with Gasteiger partial charge in [0.05, 0.1) is 10.2 Å². The zero-order chi connectivity index (χ0) is 13.4. The van der Waals surface area contributed by atoms with Crippen LogP contribution in [0, 0.1) is 10.1 Å². The van der Waals surface area contributed by atoms with Crippen LogP contribution in [0.2, 0.25) is 0 Å². The topological polar surface area (TPSA) is 98.3 Å². The van der Waals surface area contributed by atoms with Crippen molar-refractivity contribution in [2.45, 2.75) is 16.9 Å². The van der Waals surface area contributed by atoms with E-state index < -0.39 is 15.7 Å². The largest absolute Gasteiger partial charge is 0.430 e. The number of nitrogens with one attached hydrogen (secondary N) is 1. The van der Waals surface area contributed by atoms with Crippen LogP contribution in [0.4, 0.5) is 5.69 Å². The van der Waals surface area contributed by atoms with Crippen LogP contribution in [0.5, 0.6) is 0 Å². The number of fused-ring (bicyclic) bond motifs is 1. The van der Waals surface area contributed by atoms with E-state index in [1.54, 1.807) is 0 Å². The minimum atomic E-state index is -1.32. The lowest BCUT2D eigenvalue weighted by Gasteiger charge is -2.02. The van der Waals surface area contributed by atoms with Crippen LogP contribution in [0.15, 0.2) is 27.8 Å². The second-order valence-electron chi connectivity index (χ2n) is 4.30. The minimum absolute atomic E-state index is 0. The maximum absolute atomic E-state index is 12.2. The Morgan fingerprint density at radius 3 is 2.95 bits per heavy atom. The number of halogens is 1. The van der Waals surface area contributed by atoms with E-state index in [9.17, 15) is 14.3 Å². The third-order valence-electron chi connectivity index (χ3n) is 3.05. The number of oxazole rings is 1. The van der Waals surface area contributed by atoms with Crippen molar-refractivity contribution in [3.8, 4) is 0 Å². The number of nitro benzene ring substituents is 1. The Hall–Kier alpha value is -1.51. The summed E-state index contributed by atoms with van der Waals surface area (Å²) >= 11 is 0. The predicted molar refractivity (Wildman–Crippen MR) is 75.6 cm³/mol. The van der Waals surface area contributed by atoms with Crippen LogP contribution in [-0.4, -0.2) is 32.5 Å². The molecule has 9 heteroatoms. The van der Waals surface area contributed by atoms with Crippen LogP contribution in [0.25, 0.3) is 11.1 Å². The molecule has 20 heavy (non-hydrogen) atoms. The number of hydrogen-bond acceptors (Lipinski definition) is 6. The monoisotopic (exact) mass is 317 g/mol. The first-order valence-electron chi connectivity index (χ1n) is 5.81. The molecule has 7 nitrogen and oxygen atoms in total. The number of aromatic nitrogens is 1. The first-order chi connectivity index (χ1) is 9.15. The molecule has 1 N–H and O–H groups in total. The van der Waals surface area contributed by atoms with Gasteiger partial charge in [-0.05, 0) is 19.0 Å². The fraction of sp³-hybridized carbons (Fsp3) is 0.364. The smallest absolute Gasteiger partial charge is 0.288 e. The molecule has 2 unspecified atom stereocenters. The zero-order valence-electron chi connectivity index (χ0n) is 10.3. The Morgan fingerprint density at radius 1 is 1.50 bits per heavy atom. The summed E-state index contributed by atoms with van der Waals surface area (Å²) in [5, 5.41) is 13.9. The third kappa shape index (κ3) is 2.67. The highest BCUT2D eigenvalue weighted by Gasteiger charge is 2.26. The van der Waals surface area contributed by atoms with Crippen LogP contribution < -0.4 is 5.32 Å². The number of non-ortho nitro benzene ring substituents is 1. The highest BCUT2D eigenvalue weighted by Crippen LogP contribution is 2.24. The molecule has 1 saturated heterocycles. The second kappa shape index (κ2) is 5.86. The number of rotatable bonds is 3. The molecule has 1 aliphatic heterocycles. The van der Waals surface area contributed by atoms with Crippen molar-refractivity contribution in [1.29, 1.82) is 0 Å². The molecule has 1 aromatic carbocycles. The van der Waals surface area contributed by atoms with Crippen molar-refractivity contribution in [2.75, 3.05) is 13.1 Å². The lowest BCUT2D eigenvalue weighted by molar-refractivity contribution is -0.384. The molecule has 0 bridgehead atoms. The lowest BCUT2D eigenvalue weighted by Crippen LogP contribution is -2.18. The maximum Gasteiger partial charge on any atom is 0.288 e. The Balaban J connectivity index is 0.00000147. The van der Waals surface area contributed by atoms with Crippen molar-refractivity contribution < 1.29 is 13.5 Å². The molecular weight excluding hydrogens is 306 g/mol.